The number of ether oxygens (including phenoxy) is 2. The Morgan fingerprint density at radius 1 is 1.36 bits per heavy atom. The van der Waals surface area contributed by atoms with Gasteiger partial charge in [0.1, 0.15) is 0 Å². The molecular formula is C17H25ClF2N2O3. The van der Waals surface area contributed by atoms with E-state index in [1.165, 1.54) is 13.2 Å². The van der Waals surface area contributed by atoms with Crippen LogP contribution in [-0.4, -0.2) is 37.6 Å². The topological polar surface area (TPSA) is 64.8 Å². The Labute approximate surface area is 152 Å². The van der Waals surface area contributed by atoms with Gasteiger partial charge in [-0.05, 0) is 37.0 Å². The van der Waals surface area contributed by atoms with Gasteiger partial charge in [-0.25, -0.2) is 0 Å². The maximum absolute atomic E-state index is 12.5. The molecule has 0 aromatic heterocycles. The number of nitrogens with zero attached hydrogens (tertiary/aromatic N) is 1. The molecule has 1 aromatic carbocycles. The van der Waals surface area contributed by atoms with Crippen molar-refractivity contribution in [3.05, 3.63) is 23.8 Å². The number of alkyl halides is 2. The highest BCUT2D eigenvalue weighted by Crippen LogP contribution is 2.30. The van der Waals surface area contributed by atoms with Crippen LogP contribution in [0.2, 0.25) is 0 Å². The summed E-state index contributed by atoms with van der Waals surface area (Å²) in [5.41, 5.74) is 6.64. The van der Waals surface area contributed by atoms with Crippen LogP contribution in [0.15, 0.2) is 18.2 Å². The lowest BCUT2D eigenvalue weighted by Crippen LogP contribution is -2.38. The van der Waals surface area contributed by atoms with Crippen LogP contribution < -0.4 is 15.2 Å². The van der Waals surface area contributed by atoms with Crippen LogP contribution in [0.1, 0.15) is 31.2 Å². The van der Waals surface area contributed by atoms with E-state index in [1.54, 1.807) is 24.1 Å². The molecule has 25 heavy (non-hydrogen) atoms. The van der Waals surface area contributed by atoms with Crippen LogP contribution in [0.3, 0.4) is 0 Å². The highest BCUT2D eigenvalue weighted by atomic mass is 35.5. The lowest BCUT2D eigenvalue weighted by atomic mass is 9.85. The van der Waals surface area contributed by atoms with Crippen molar-refractivity contribution in [2.45, 2.75) is 44.9 Å². The Balaban J connectivity index is 0.00000312. The second-order valence-electron chi connectivity index (χ2n) is 6.18. The van der Waals surface area contributed by atoms with Crippen molar-refractivity contribution < 1.29 is 23.0 Å². The van der Waals surface area contributed by atoms with Crippen LogP contribution in [0, 0.1) is 5.92 Å². The van der Waals surface area contributed by atoms with E-state index < -0.39 is 6.61 Å². The van der Waals surface area contributed by atoms with E-state index in [2.05, 4.69) is 4.74 Å². The SMILES string of the molecule is COc1ccc(CN(C)C(=O)C2CCCC(N)C2)cc1OC(F)F.Cl. The van der Waals surface area contributed by atoms with Gasteiger partial charge < -0.3 is 20.1 Å². The second kappa shape index (κ2) is 9.77. The van der Waals surface area contributed by atoms with E-state index in [1.807, 2.05) is 0 Å². The van der Waals surface area contributed by atoms with E-state index in [0.717, 1.165) is 19.3 Å². The van der Waals surface area contributed by atoms with Gasteiger partial charge in [-0.3, -0.25) is 4.79 Å². The maximum atomic E-state index is 12.5. The summed E-state index contributed by atoms with van der Waals surface area (Å²) in [6, 6.07) is 4.84. The first-order valence-corrected chi connectivity index (χ1v) is 8.03. The quantitative estimate of drug-likeness (QED) is 0.825. The fourth-order valence-electron chi connectivity index (χ4n) is 3.12. The van der Waals surface area contributed by atoms with Gasteiger partial charge in [0.05, 0.1) is 7.11 Å². The molecule has 1 aromatic rings. The molecule has 0 spiro atoms. The van der Waals surface area contributed by atoms with E-state index in [9.17, 15) is 13.6 Å². The zero-order chi connectivity index (χ0) is 17.7. The number of nitrogens with two attached hydrogens (primary N) is 1. The van der Waals surface area contributed by atoms with Gasteiger partial charge in [0.25, 0.3) is 0 Å². The Hall–Kier alpha value is -1.60. The monoisotopic (exact) mass is 378 g/mol. The molecule has 0 bridgehead atoms. The Kier molecular flexibility index (Phi) is 8.38. The van der Waals surface area contributed by atoms with Crippen molar-refractivity contribution in [3.8, 4) is 11.5 Å². The fourth-order valence-corrected chi connectivity index (χ4v) is 3.12. The van der Waals surface area contributed by atoms with Crippen LogP contribution in [0.25, 0.3) is 0 Å². The standard InChI is InChI=1S/C17H24F2N2O3.ClH/c1-21(16(22)12-4-3-5-13(20)9-12)10-11-6-7-14(23-2)15(8-11)24-17(18)19;/h6-8,12-13,17H,3-5,9-10,20H2,1-2H3;1H. The number of carbonyl (C=O) groups excluding carboxylic acids is 1. The number of amides is 1. The minimum atomic E-state index is -2.93. The number of carbonyl (C=O) groups is 1. The van der Waals surface area contributed by atoms with E-state index in [-0.39, 0.29) is 41.8 Å². The summed E-state index contributed by atoms with van der Waals surface area (Å²) in [5, 5.41) is 0. The highest BCUT2D eigenvalue weighted by molar-refractivity contribution is 5.85. The first kappa shape index (κ1) is 21.4. The van der Waals surface area contributed by atoms with Crippen molar-refractivity contribution in [2.75, 3.05) is 14.2 Å². The Morgan fingerprint density at radius 3 is 2.68 bits per heavy atom. The molecule has 1 aliphatic rings. The first-order valence-electron chi connectivity index (χ1n) is 8.03. The Bertz CT molecular complexity index is 575. The minimum absolute atomic E-state index is 0. The molecule has 0 saturated heterocycles. The van der Waals surface area contributed by atoms with Crippen LogP contribution in [0.5, 0.6) is 11.5 Å². The van der Waals surface area contributed by atoms with Gasteiger partial charge in [0.15, 0.2) is 11.5 Å². The Morgan fingerprint density at radius 2 is 2.08 bits per heavy atom. The van der Waals surface area contributed by atoms with Crippen LogP contribution in [-0.2, 0) is 11.3 Å². The van der Waals surface area contributed by atoms with Crippen molar-refractivity contribution in [3.63, 3.8) is 0 Å². The largest absolute Gasteiger partial charge is 0.493 e. The van der Waals surface area contributed by atoms with E-state index >= 15 is 0 Å². The summed E-state index contributed by atoms with van der Waals surface area (Å²) < 4.78 is 34.4. The van der Waals surface area contributed by atoms with Gasteiger partial charge >= 0.3 is 6.61 Å². The summed E-state index contributed by atoms with van der Waals surface area (Å²) in [7, 11) is 3.09. The highest BCUT2D eigenvalue weighted by Gasteiger charge is 2.27. The fraction of sp³-hybridized carbons (Fsp3) is 0.588. The average molecular weight is 379 g/mol. The van der Waals surface area contributed by atoms with Gasteiger partial charge in [-0.1, -0.05) is 12.5 Å². The molecule has 0 radical (unpaired) electrons. The molecule has 1 aliphatic carbocycles. The third-order valence-corrected chi connectivity index (χ3v) is 4.30. The second-order valence-corrected chi connectivity index (χ2v) is 6.18. The molecule has 0 heterocycles. The molecule has 1 saturated carbocycles. The summed E-state index contributed by atoms with van der Waals surface area (Å²) in [6.45, 7) is -2.62. The van der Waals surface area contributed by atoms with Crippen molar-refractivity contribution in [1.82, 2.24) is 4.90 Å². The molecule has 5 nitrogen and oxygen atoms in total. The molecule has 8 heteroatoms. The third kappa shape index (κ3) is 6.01. The molecule has 142 valence electrons. The van der Waals surface area contributed by atoms with Gasteiger partial charge in [0.2, 0.25) is 5.91 Å². The number of halogens is 3. The zero-order valence-corrected chi connectivity index (χ0v) is 15.2. The molecule has 1 amide bonds. The molecule has 2 rings (SSSR count). The lowest BCUT2D eigenvalue weighted by molar-refractivity contribution is -0.135. The number of hydrogen-bond acceptors (Lipinski definition) is 4. The molecule has 2 N–H and O–H groups in total. The normalized spacial score (nSPS) is 19.9. The molecule has 2 unspecified atom stereocenters. The summed E-state index contributed by atoms with van der Waals surface area (Å²) in [5.74, 6) is 0.169. The van der Waals surface area contributed by atoms with Crippen LogP contribution >= 0.6 is 12.4 Å². The van der Waals surface area contributed by atoms with E-state index in [4.69, 9.17) is 10.5 Å². The maximum Gasteiger partial charge on any atom is 0.387 e. The molecule has 1 fully saturated rings. The lowest BCUT2D eigenvalue weighted by Gasteiger charge is -2.29. The minimum Gasteiger partial charge on any atom is -0.493 e. The summed E-state index contributed by atoms with van der Waals surface area (Å²) in [6.07, 6.45) is 3.46. The number of rotatable bonds is 6. The molecule has 0 aliphatic heterocycles. The number of hydrogen-bond donors (Lipinski definition) is 1. The van der Waals surface area contributed by atoms with Gasteiger partial charge in [-0.15, -0.1) is 12.4 Å². The number of methoxy groups -OCH3 is 1. The molecular weight excluding hydrogens is 354 g/mol. The smallest absolute Gasteiger partial charge is 0.387 e. The van der Waals surface area contributed by atoms with E-state index in [0.29, 0.717) is 18.5 Å². The summed E-state index contributed by atoms with van der Waals surface area (Å²) >= 11 is 0. The zero-order valence-electron chi connectivity index (χ0n) is 14.4. The third-order valence-electron chi connectivity index (χ3n) is 4.30. The first-order chi connectivity index (χ1) is 11.4. The molecule has 2 atom stereocenters. The number of benzene rings is 1. The van der Waals surface area contributed by atoms with Gasteiger partial charge in [-0.2, -0.15) is 8.78 Å². The van der Waals surface area contributed by atoms with Crippen molar-refractivity contribution in [2.24, 2.45) is 11.7 Å². The van der Waals surface area contributed by atoms with Crippen LogP contribution in [0.4, 0.5) is 8.78 Å². The predicted octanol–water partition coefficient (Wildman–Crippen LogP) is 3.19. The van der Waals surface area contributed by atoms with Crippen molar-refractivity contribution in [1.29, 1.82) is 0 Å². The predicted molar refractivity (Wildman–Crippen MR) is 93.3 cm³/mol. The average Bonchev–Trinajstić information content (AvgIpc) is 2.54. The summed E-state index contributed by atoms with van der Waals surface area (Å²) in [4.78, 5) is 14.1. The van der Waals surface area contributed by atoms with Crippen molar-refractivity contribution >= 4 is 18.3 Å². The van der Waals surface area contributed by atoms with Gasteiger partial charge in [0, 0.05) is 25.6 Å².